The zero-order valence-electron chi connectivity index (χ0n) is 8.23. The summed E-state index contributed by atoms with van der Waals surface area (Å²) in [6, 6.07) is 3.02. The van der Waals surface area contributed by atoms with Crippen molar-refractivity contribution in [2.45, 2.75) is 32.0 Å². The number of hydrogen-bond donors (Lipinski definition) is 1. The molecule has 2 rings (SSSR count). The zero-order chi connectivity index (χ0) is 11.2. The highest BCUT2D eigenvalue weighted by Crippen LogP contribution is 2.42. The van der Waals surface area contributed by atoms with E-state index in [-0.39, 0.29) is 11.1 Å². The predicted molar refractivity (Wildman–Crippen MR) is 49.5 cm³/mol. The summed E-state index contributed by atoms with van der Waals surface area (Å²) < 4.78 is 38.2. The quantitative estimate of drug-likeness (QED) is 0.706. The lowest BCUT2D eigenvalue weighted by molar-refractivity contribution is -0.138. The van der Waals surface area contributed by atoms with Gasteiger partial charge in [-0.25, -0.2) is 0 Å². The fraction of sp³-hybridized carbons (Fsp3) is 0.455. The molecule has 0 saturated carbocycles. The van der Waals surface area contributed by atoms with Crippen LogP contribution in [0.4, 0.5) is 13.2 Å². The number of aliphatic hydroxyl groups is 1. The Morgan fingerprint density at radius 1 is 1.33 bits per heavy atom. The first-order chi connectivity index (χ1) is 6.91. The molecule has 15 heavy (non-hydrogen) atoms. The van der Waals surface area contributed by atoms with Gasteiger partial charge in [0.25, 0.3) is 0 Å². The molecular formula is C11H11F3O. The molecule has 0 bridgehead atoms. The van der Waals surface area contributed by atoms with E-state index >= 15 is 0 Å². The third-order valence-corrected chi connectivity index (χ3v) is 2.87. The van der Waals surface area contributed by atoms with Crippen LogP contribution in [0.25, 0.3) is 0 Å². The summed E-state index contributed by atoms with van der Waals surface area (Å²) in [5.74, 6) is 0. The third-order valence-electron chi connectivity index (χ3n) is 2.87. The van der Waals surface area contributed by atoms with Crippen LogP contribution in [0, 0.1) is 6.92 Å². The number of hydrogen-bond acceptors (Lipinski definition) is 1. The molecule has 1 aliphatic carbocycles. The SMILES string of the molecule is Cc1ccc2c(c1C(F)(F)F)CCC2O. The minimum atomic E-state index is -4.32. The van der Waals surface area contributed by atoms with Crippen LogP contribution in [0.3, 0.4) is 0 Å². The Balaban J connectivity index is 2.64. The highest BCUT2D eigenvalue weighted by molar-refractivity contribution is 5.45. The van der Waals surface area contributed by atoms with Crippen LogP contribution in [0.2, 0.25) is 0 Å². The number of rotatable bonds is 0. The second-order valence-electron chi connectivity index (χ2n) is 3.88. The van der Waals surface area contributed by atoms with Crippen molar-refractivity contribution in [1.82, 2.24) is 0 Å². The lowest BCUT2D eigenvalue weighted by Crippen LogP contribution is -2.11. The van der Waals surface area contributed by atoms with Crippen LogP contribution in [-0.2, 0) is 12.6 Å². The summed E-state index contributed by atoms with van der Waals surface area (Å²) >= 11 is 0. The van der Waals surface area contributed by atoms with E-state index < -0.39 is 17.8 Å². The fourth-order valence-corrected chi connectivity index (χ4v) is 2.19. The highest BCUT2D eigenvalue weighted by Gasteiger charge is 2.38. The second kappa shape index (κ2) is 3.23. The van der Waals surface area contributed by atoms with Gasteiger partial charge in [0.05, 0.1) is 11.7 Å². The molecule has 0 spiro atoms. The summed E-state index contributed by atoms with van der Waals surface area (Å²) in [6.07, 6.45) is -4.35. The summed E-state index contributed by atoms with van der Waals surface area (Å²) in [5, 5.41) is 9.50. The maximum atomic E-state index is 12.7. The maximum Gasteiger partial charge on any atom is 0.416 e. The van der Waals surface area contributed by atoms with Crippen molar-refractivity contribution in [3.8, 4) is 0 Å². The molecule has 1 N–H and O–H groups in total. The second-order valence-corrected chi connectivity index (χ2v) is 3.88. The molecule has 1 unspecified atom stereocenters. The van der Waals surface area contributed by atoms with Gasteiger partial charge in [0.1, 0.15) is 0 Å². The van der Waals surface area contributed by atoms with Gasteiger partial charge in [0.2, 0.25) is 0 Å². The molecule has 1 aromatic rings. The Kier molecular flexibility index (Phi) is 2.26. The first kappa shape index (κ1) is 10.5. The van der Waals surface area contributed by atoms with Crippen molar-refractivity contribution in [3.63, 3.8) is 0 Å². The Labute approximate surface area is 85.5 Å². The molecule has 1 nitrogen and oxygen atoms in total. The first-order valence-electron chi connectivity index (χ1n) is 4.79. The fourth-order valence-electron chi connectivity index (χ4n) is 2.19. The van der Waals surface area contributed by atoms with Gasteiger partial charge in [0, 0.05) is 0 Å². The normalized spacial score (nSPS) is 20.5. The van der Waals surface area contributed by atoms with Crippen molar-refractivity contribution in [1.29, 1.82) is 0 Å². The van der Waals surface area contributed by atoms with E-state index in [1.165, 1.54) is 13.0 Å². The number of fused-ring (bicyclic) bond motifs is 1. The minimum Gasteiger partial charge on any atom is -0.388 e. The largest absolute Gasteiger partial charge is 0.416 e. The Morgan fingerprint density at radius 2 is 2.00 bits per heavy atom. The molecule has 0 heterocycles. The Bertz CT molecular complexity index is 396. The van der Waals surface area contributed by atoms with Crippen molar-refractivity contribution < 1.29 is 18.3 Å². The Morgan fingerprint density at radius 3 is 2.60 bits per heavy atom. The van der Waals surface area contributed by atoms with Gasteiger partial charge in [-0.05, 0) is 36.5 Å². The molecule has 0 aliphatic heterocycles. The van der Waals surface area contributed by atoms with E-state index in [0.717, 1.165) is 0 Å². The topological polar surface area (TPSA) is 20.2 Å². The van der Waals surface area contributed by atoms with Gasteiger partial charge < -0.3 is 5.11 Å². The Hall–Kier alpha value is -1.03. The van der Waals surface area contributed by atoms with Crippen LogP contribution in [0.1, 0.15) is 34.8 Å². The summed E-state index contributed by atoms with van der Waals surface area (Å²) in [5.41, 5.74) is 0.384. The van der Waals surface area contributed by atoms with E-state index in [9.17, 15) is 18.3 Å². The van der Waals surface area contributed by atoms with Crippen LogP contribution in [0.5, 0.6) is 0 Å². The first-order valence-corrected chi connectivity index (χ1v) is 4.79. The minimum absolute atomic E-state index is 0.232. The molecule has 1 aliphatic rings. The summed E-state index contributed by atoms with van der Waals surface area (Å²) in [4.78, 5) is 0. The molecule has 0 aromatic heterocycles. The van der Waals surface area contributed by atoms with E-state index in [4.69, 9.17) is 0 Å². The van der Waals surface area contributed by atoms with E-state index in [1.54, 1.807) is 6.07 Å². The average Bonchev–Trinajstić information content (AvgIpc) is 2.45. The predicted octanol–water partition coefficient (Wildman–Crippen LogP) is 2.99. The number of halogens is 3. The smallest absolute Gasteiger partial charge is 0.388 e. The molecule has 0 fully saturated rings. The summed E-state index contributed by atoms with van der Waals surface area (Å²) in [6.45, 7) is 1.45. The number of aryl methyl sites for hydroxylation is 1. The molecule has 0 amide bonds. The molecule has 1 atom stereocenters. The van der Waals surface area contributed by atoms with Crippen molar-refractivity contribution in [2.24, 2.45) is 0 Å². The van der Waals surface area contributed by atoms with E-state index in [0.29, 0.717) is 18.4 Å². The van der Waals surface area contributed by atoms with Crippen LogP contribution in [-0.4, -0.2) is 5.11 Å². The van der Waals surface area contributed by atoms with Gasteiger partial charge in [-0.3, -0.25) is 0 Å². The van der Waals surface area contributed by atoms with Gasteiger partial charge in [-0.2, -0.15) is 13.2 Å². The van der Waals surface area contributed by atoms with E-state index in [2.05, 4.69) is 0 Å². The zero-order valence-corrected chi connectivity index (χ0v) is 8.23. The van der Waals surface area contributed by atoms with Crippen LogP contribution in [0.15, 0.2) is 12.1 Å². The molecule has 82 valence electrons. The van der Waals surface area contributed by atoms with E-state index in [1.807, 2.05) is 0 Å². The number of aliphatic hydroxyl groups excluding tert-OH is 1. The van der Waals surface area contributed by atoms with Gasteiger partial charge >= 0.3 is 6.18 Å². The van der Waals surface area contributed by atoms with Gasteiger partial charge in [-0.15, -0.1) is 0 Å². The van der Waals surface area contributed by atoms with Gasteiger partial charge in [-0.1, -0.05) is 12.1 Å². The molecular weight excluding hydrogens is 205 g/mol. The lowest BCUT2D eigenvalue weighted by Gasteiger charge is -2.15. The van der Waals surface area contributed by atoms with Crippen molar-refractivity contribution in [2.75, 3.05) is 0 Å². The van der Waals surface area contributed by atoms with Crippen molar-refractivity contribution >= 4 is 0 Å². The molecule has 4 heteroatoms. The highest BCUT2D eigenvalue weighted by atomic mass is 19.4. The molecule has 0 radical (unpaired) electrons. The number of benzene rings is 1. The van der Waals surface area contributed by atoms with Gasteiger partial charge in [0.15, 0.2) is 0 Å². The molecule has 0 saturated heterocycles. The third kappa shape index (κ3) is 1.63. The molecule has 1 aromatic carbocycles. The van der Waals surface area contributed by atoms with Crippen LogP contribution >= 0.6 is 0 Å². The number of alkyl halides is 3. The monoisotopic (exact) mass is 216 g/mol. The maximum absolute atomic E-state index is 12.7. The van der Waals surface area contributed by atoms with Crippen molar-refractivity contribution in [3.05, 3.63) is 34.4 Å². The standard InChI is InChI=1S/C11H11F3O/c1-6-2-3-7-8(4-5-9(7)15)10(6)11(12,13)14/h2-3,9,15H,4-5H2,1H3. The average molecular weight is 216 g/mol. The lowest BCUT2D eigenvalue weighted by atomic mass is 9.97. The summed E-state index contributed by atoms with van der Waals surface area (Å²) in [7, 11) is 0. The van der Waals surface area contributed by atoms with Crippen LogP contribution < -0.4 is 0 Å².